The van der Waals surface area contributed by atoms with Crippen LogP contribution in [0.5, 0.6) is 0 Å². The second kappa shape index (κ2) is 1.38. The second-order valence-electron chi connectivity index (χ2n) is 1.98. The average Bonchev–Trinajstić information content (AvgIpc) is 1.32. The molecular formula is C4H9PS. The molecule has 1 saturated heterocycles. The largest absolute Gasteiger partial charge is 0.147 e. The summed E-state index contributed by atoms with van der Waals surface area (Å²) in [6.07, 6.45) is 0. The molecular weight excluding hydrogens is 111 g/mol. The van der Waals surface area contributed by atoms with E-state index in [1.807, 2.05) is 0 Å². The van der Waals surface area contributed by atoms with Crippen molar-refractivity contribution >= 4 is 20.3 Å². The van der Waals surface area contributed by atoms with Crippen LogP contribution in [0.1, 0.15) is 13.8 Å². The molecule has 0 aliphatic carbocycles. The van der Waals surface area contributed by atoms with Gasteiger partial charge in [0.2, 0.25) is 0 Å². The first-order valence-electron chi connectivity index (χ1n) is 2.10. The zero-order chi connectivity index (χ0) is 4.62. The minimum absolute atomic E-state index is 0.667. The van der Waals surface area contributed by atoms with E-state index in [0.717, 1.165) is 0 Å². The highest BCUT2D eigenvalue weighted by Crippen LogP contribution is 2.54. The van der Waals surface area contributed by atoms with Gasteiger partial charge in [-0.1, -0.05) is 8.58 Å². The van der Waals surface area contributed by atoms with Crippen LogP contribution < -0.4 is 0 Å². The van der Waals surface area contributed by atoms with E-state index in [0.29, 0.717) is 4.49 Å². The van der Waals surface area contributed by atoms with Crippen LogP contribution >= 0.6 is 20.3 Å². The van der Waals surface area contributed by atoms with Gasteiger partial charge in [0.05, 0.1) is 0 Å². The Morgan fingerprint density at radius 1 is 1.67 bits per heavy atom. The third-order valence-electron chi connectivity index (χ3n) is 0.931. The molecule has 0 radical (unpaired) electrons. The fraction of sp³-hybridized carbons (Fsp3) is 1.00. The Hall–Kier alpha value is 0.780. The smallest absolute Gasteiger partial charge is 0.0284 e. The van der Waals surface area contributed by atoms with Crippen LogP contribution in [0, 0.1) is 0 Å². The number of rotatable bonds is 0. The van der Waals surface area contributed by atoms with Crippen molar-refractivity contribution in [3.8, 4) is 0 Å². The first kappa shape index (κ1) is 4.93. The lowest BCUT2D eigenvalue weighted by atomic mass is 10.5. The van der Waals surface area contributed by atoms with Crippen molar-refractivity contribution in [3.05, 3.63) is 0 Å². The highest BCUT2D eigenvalue weighted by Gasteiger charge is 2.25. The zero-order valence-corrected chi connectivity index (χ0v) is 5.93. The molecule has 0 N–H and O–H groups in total. The van der Waals surface area contributed by atoms with Gasteiger partial charge in [-0.25, -0.2) is 0 Å². The van der Waals surface area contributed by atoms with Gasteiger partial charge in [-0.3, -0.25) is 0 Å². The van der Waals surface area contributed by atoms with E-state index < -0.39 is 0 Å². The molecule has 1 unspecified atom stereocenters. The third kappa shape index (κ3) is 0.886. The van der Waals surface area contributed by atoms with E-state index >= 15 is 0 Å². The molecule has 1 aliphatic heterocycles. The summed E-state index contributed by atoms with van der Waals surface area (Å²) in [5, 5.41) is 0. The summed E-state index contributed by atoms with van der Waals surface area (Å²) >= 11 is 2.07. The maximum atomic E-state index is 2.31. The molecule has 2 heteroatoms. The Morgan fingerprint density at radius 2 is 2.00 bits per heavy atom. The first-order chi connectivity index (χ1) is 2.71. The molecule has 36 valence electrons. The van der Waals surface area contributed by atoms with Crippen LogP contribution in [0.25, 0.3) is 0 Å². The molecule has 1 aliphatic rings. The molecule has 0 saturated carbocycles. The molecule has 1 heterocycles. The maximum absolute atomic E-state index is 2.31. The van der Waals surface area contributed by atoms with Crippen LogP contribution in [0.4, 0.5) is 0 Å². The first-order valence-corrected chi connectivity index (χ1v) is 4.29. The standard InChI is InChI=1S/C4H9PS/c1-4(2)5-3-6-4/h5H,3H2,1-2H3. The van der Waals surface area contributed by atoms with E-state index in [4.69, 9.17) is 0 Å². The molecule has 0 amide bonds. The van der Waals surface area contributed by atoms with Crippen molar-refractivity contribution in [2.24, 2.45) is 0 Å². The fourth-order valence-electron chi connectivity index (χ4n) is 0.361. The van der Waals surface area contributed by atoms with Crippen molar-refractivity contribution in [2.45, 2.75) is 18.3 Å². The molecule has 6 heavy (non-hydrogen) atoms. The summed E-state index contributed by atoms with van der Waals surface area (Å²) in [6.45, 7) is 4.61. The molecule has 1 atom stereocenters. The lowest BCUT2D eigenvalue weighted by Crippen LogP contribution is -2.15. The summed E-state index contributed by atoms with van der Waals surface area (Å²) in [7, 11) is 1.21. The van der Waals surface area contributed by atoms with Gasteiger partial charge in [0, 0.05) is 9.98 Å². The zero-order valence-electron chi connectivity index (χ0n) is 4.12. The number of thioether (sulfide) groups is 1. The minimum atomic E-state index is 0.667. The van der Waals surface area contributed by atoms with Gasteiger partial charge < -0.3 is 0 Å². The van der Waals surface area contributed by atoms with Crippen molar-refractivity contribution in [1.29, 1.82) is 0 Å². The van der Waals surface area contributed by atoms with Crippen LogP contribution in [-0.2, 0) is 0 Å². The Bertz CT molecular complexity index is 54.6. The van der Waals surface area contributed by atoms with Crippen LogP contribution in [-0.4, -0.2) is 9.98 Å². The highest BCUT2D eigenvalue weighted by atomic mass is 32.2. The summed E-state index contributed by atoms with van der Waals surface area (Å²) in [4.78, 5) is 0. The van der Waals surface area contributed by atoms with Gasteiger partial charge in [0.15, 0.2) is 0 Å². The minimum Gasteiger partial charge on any atom is -0.147 e. The Labute approximate surface area is 44.9 Å². The Morgan fingerprint density at radius 3 is 2.00 bits per heavy atom. The molecule has 0 bridgehead atoms. The van der Waals surface area contributed by atoms with Gasteiger partial charge in [-0.05, 0) is 13.8 Å². The Kier molecular flexibility index (Phi) is 1.13. The van der Waals surface area contributed by atoms with Gasteiger partial charge in [0.25, 0.3) is 0 Å². The summed E-state index contributed by atoms with van der Waals surface area (Å²) in [6, 6.07) is 0. The second-order valence-corrected chi connectivity index (χ2v) is 6.41. The van der Waals surface area contributed by atoms with Gasteiger partial charge in [0.1, 0.15) is 0 Å². The SMILES string of the molecule is CC1(C)PCS1. The van der Waals surface area contributed by atoms with E-state index in [-0.39, 0.29) is 0 Å². The third-order valence-corrected chi connectivity index (χ3v) is 4.52. The summed E-state index contributed by atoms with van der Waals surface area (Å²) in [5.74, 6) is 0. The van der Waals surface area contributed by atoms with Crippen molar-refractivity contribution in [2.75, 3.05) is 5.49 Å². The lowest BCUT2D eigenvalue weighted by Gasteiger charge is -2.33. The van der Waals surface area contributed by atoms with E-state index in [1.54, 1.807) is 0 Å². The van der Waals surface area contributed by atoms with Crippen molar-refractivity contribution in [3.63, 3.8) is 0 Å². The molecule has 0 nitrogen and oxygen atoms in total. The van der Waals surface area contributed by atoms with E-state index in [9.17, 15) is 0 Å². The van der Waals surface area contributed by atoms with E-state index in [1.165, 1.54) is 14.1 Å². The number of hydrogen-bond acceptors (Lipinski definition) is 1. The van der Waals surface area contributed by atoms with Crippen LogP contribution in [0.15, 0.2) is 0 Å². The summed E-state index contributed by atoms with van der Waals surface area (Å²) < 4.78 is 0.667. The molecule has 0 aromatic heterocycles. The van der Waals surface area contributed by atoms with Gasteiger partial charge in [-0.15, -0.1) is 11.8 Å². The lowest BCUT2D eigenvalue weighted by molar-refractivity contribution is 1.00. The number of hydrogen-bond donors (Lipinski definition) is 0. The predicted molar refractivity (Wildman–Crippen MR) is 34.9 cm³/mol. The monoisotopic (exact) mass is 120 g/mol. The van der Waals surface area contributed by atoms with Crippen molar-refractivity contribution in [1.82, 2.24) is 0 Å². The topological polar surface area (TPSA) is 0 Å². The highest BCUT2D eigenvalue weighted by molar-refractivity contribution is 8.15. The fourth-order valence-corrected chi connectivity index (χ4v) is 3.25. The predicted octanol–water partition coefficient (Wildman–Crippen LogP) is 2.11. The molecule has 0 aromatic rings. The maximum Gasteiger partial charge on any atom is 0.0284 e. The Balaban J connectivity index is 2.31. The molecule has 1 rings (SSSR count). The van der Waals surface area contributed by atoms with Gasteiger partial charge in [-0.2, -0.15) is 0 Å². The normalized spacial score (nSPS) is 33.0. The van der Waals surface area contributed by atoms with Crippen molar-refractivity contribution < 1.29 is 0 Å². The molecule has 0 aromatic carbocycles. The van der Waals surface area contributed by atoms with Gasteiger partial charge >= 0.3 is 0 Å². The quantitative estimate of drug-likeness (QED) is 0.441. The van der Waals surface area contributed by atoms with E-state index in [2.05, 4.69) is 25.6 Å². The van der Waals surface area contributed by atoms with Crippen LogP contribution in [0.3, 0.4) is 0 Å². The molecule has 1 fully saturated rings. The summed E-state index contributed by atoms with van der Waals surface area (Å²) in [5.41, 5.74) is 1.41. The molecule has 0 spiro atoms. The van der Waals surface area contributed by atoms with Crippen LogP contribution in [0.2, 0.25) is 0 Å². The average molecular weight is 120 g/mol.